The van der Waals surface area contributed by atoms with E-state index in [-0.39, 0.29) is 0 Å². The van der Waals surface area contributed by atoms with E-state index in [0.29, 0.717) is 18.6 Å². The summed E-state index contributed by atoms with van der Waals surface area (Å²) in [5.41, 5.74) is 1.66. The third kappa shape index (κ3) is 3.37. The fourth-order valence-corrected chi connectivity index (χ4v) is 1.16. The Hall–Kier alpha value is -1.93. The van der Waals surface area contributed by atoms with Gasteiger partial charge < -0.3 is 4.74 Å². The van der Waals surface area contributed by atoms with Gasteiger partial charge in [-0.15, -0.1) is 11.8 Å². The summed E-state index contributed by atoms with van der Waals surface area (Å²) in [7, 11) is 0. The van der Waals surface area contributed by atoms with Crippen LogP contribution in [0.1, 0.15) is 24.5 Å². The number of nitriles is 1. The van der Waals surface area contributed by atoms with Gasteiger partial charge in [0.25, 0.3) is 0 Å². The maximum Gasteiger partial charge on any atom is 0.123 e. The van der Waals surface area contributed by atoms with E-state index < -0.39 is 0 Å². The molecule has 76 valence electrons. The van der Waals surface area contributed by atoms with E-state index in [0.717, 1.165) is 11.3 Å². The van der Waals surface area contributed by atoms with Crippen LogP contribution >= 0.6 is 0 Å². The van der Waals surface area contributed by atoms with Crippen LogP contribution < -0.4 is 4.74 Å². The summed E-state index contributed by atoms with van der Waals surface area (Å²) in [5, 5.41) is 8.73. The molecule has 0 unspecified atom stereocenters. The first kappa shape index (κ1) is 11.1. The Balaban J connectivity index is 2.66. The fourth-order valence-electron chi connectivity index (χ4n) is 1.16. The molecule has 1 rings (SSSR count). The second kappa shape index (κ2) is 5.73. The molecule has 0 saturated carbocycles. The maximum absolute atomic E-state index is 8.73. The van der Waals surface area contributed by atoms with Crippen molar-refractivity contribution in [1.29, 1.82) is 5.26 Å². The van der Waals surface area contributed by atoms with Crippen LogP contribution in [-0.4, -0.2) is 6.61 Å². The van der Waals surface area contributed by atoms with E-state index >= 15 is 0 Å². The highest BCUT2D eigenvalue weighted by Gasteiger charge is 2.00. The molecule has 0 atom stereocenters. The van der Waals surface area contributed by atoms with Crippen LogP contribution in [0.25, 0.3) is 0 Å². The standard InChI is InChI=1S/C13H13NO/c1-3-4-5-8-15-13-9-12(10-14)7-6-11(13)2/h6-7,9H,5,8H2,1-2H3. The summed E-state index contributed by atoms with van der Waals surface area (Å²) in [6, 6.07) is 7.52. The van der Waals surface area contributed by atoms with Crippen molar-refractivity contribution in [3.8, 4) is 23.7 Å². The van der Waals surface area contributed by atoms with Gasteiger partial charge in [-0.05, 0) is 31.5 Å². The average Bonchev–Trinajstić information content (AvgIpc) is 2.26. The Morgan fingerprint density at radius 2 is 2.20 bits per heavy atom. The van der Waals surface area contributed by atoms with Crippen molar-refractivity contribution in [1.82, 2.24) is 0 Å². The van der Waals surface area contributed by atoms with Crippen LogP contribution in [0.15, 0.2) is 18.2 Å². The predicted molar refractivity (Wildman–Crippen MR) is 59.5 cm³/mol. The highest BCUT2D eigenvalue weighted by Crippen LogP contribution is 2.19. The molecule has 0 aliphatic carbocycles. The summed E-state index contributed by atoms with van der Waals surface area (Å²) in [5.74, 6) is 6.51. The first-order valence-electron chi connectivity index (χ1n) is 4.81. The van der Waals surface area contributed by atoms with Gasteiger partial charge in [-0.25, -0.2) is 0 Å². The van der Waals surface area contributed by atoms with Crippen LogP contribution in [0.3, 0.4) is 0 Å². The maximum atomic E-state index is 8.73. The van der Waals surface area contributed by atoms with Crippen molar-refractivity contribution in [2.75, 3.05) is 6.61 Å². The quantitative estimate of drug-likeness (QED) is 0.554. The summed E-state index contributed by atoms with van der Waals surface area (Å²) in [4.78, 5) is 0. The third-order valence-electron chi connectivity index (χ3n) is 1.98. The Bertz CT molecular complexity index is 432. The molecule has 0 spiro atoms. The Morgan fingerprint density at radius 1 is 1.40 bits per heavy atom. The van der Waals surface area contributed by atoms with Gasteiger partial charge >= 0.3 is 0 Å². The van der Waals surface area contributed by atoms with Crippen molar-refractivity contribution in [2.45, 2.75) is 20.3 Å². The lowest BCUT2D eigenvalue weighted by atomic mass is 10.1. The lowest BCUT2D eigenvalue weighted by Crippen LogP contribution is -1.98. The van der Waals surface area contributed by atoms with E-state index in [9.17, 15) is 0 Å². The van der Waals surface area contributed by atoms with Gasteiger partial charge in [-0.2, -0.15) is 5.26 Å². The van der Waals surface area contributed by atoms with Gasteiger partial charge in [0.15, 0.2) is 0 Å². The Morgan fingerprint density at radius 3 is 2.87 bits per heavy atom. The monoisotopic (exact) mass is 199 g/mol. The molecule has 1 aromatic rings. The van der Waals surface area contributed by atoms with E-state index in [1.807, 2.05) is 19.9 Å². The normalized spacial score (nSPS) is 8.60. The Labute approximate surface area is 90.5 Å². The molecule has 0 radical (unpaired) electrons. The lowest BCUT2D eigenvalue weighted by molar-refractivity contribution is 0.325. The third-order valence-corrected chi connectivity index (χ3v) is 1.98. The van der Waals surface area contributed by atoms with Gasteiger partial charge in [0, 0.05) is 6.42 Å². The van der Waals surface area contributed by atoms with E-state index in [1.54, 1.807) is 12.1 Å². The topological polar surface area (TPSA) is 33.0 Å². The molecular formula is C13H13NO. The average molecular weight is 199 g/mol. The van der Waals surface area contributed by atoms with Crippen molar-refractivity contribution in [3.63, 3.8) is 0 Å². The zero-order valence-electron chi connectivity index (χ0n) is 9.00. The molecule has 0 amide bonds. The second-order valence-corrected chi connectivity index (χ2v) is 3.12. The van der Waals surface area contributed by atoms with Crippen LogP contribution in [0.4, 0.5) is 0 Å². The molecule has 0 aliphatic rings. The zero-order chi connectivity index (χ0) is 11.1. The highest BCUT2D eigenvalue weighted by molar-refractivity contribution is 5.41. The first-order chi connectivity index (χ1) is 7.27. The van der Waals surface area contributed by atoms with Crippen molar-refractivity contribution < 1.29 is 4.74 Å². The second-order valence-electron chi connectivity index (χ2n) is 3.12. The minimum Gasteiger partial charge on any atom is -0.492 e. The molecular weight excluding hydrogens is 186 g/mol. The molecule has 0 saturated heterocycles. The fraction of sp³-hybridized carbons (Fsp3) is 0.308. The molecule has 1 aromatic carbocycles. The summed E-state index contributed by atoms with van der Waals surface area (Å²) in [6.07, 6.45) is 0.715. The molecule has 15 heavy (non-hydrogen) atoms. The predicted octanol–water partition coefficient (Wildman–Crippen LogP) is 2.66. The van der Waals surface area contributed by atoms with E-state index in [4.69, 9.17) is 10.00 Å². The summed E-state index contributed by atoms with van der Waals surface area (Å²) in [6.45, 7) is 4.33. The number of hydrogen-bond donors (Lipinski definition) is 0. The van der Waals surface area contributed by atoms with Crippen molar-refractivity contribution in [3.05, 3.63) is 29.3 Å². The number of rotatable bonds is 3. The van der Waals surface area contributed by atoms with Gasteiger partial charge in [-0.3, -0.25) is 0 Å². The number of aryl methyl sites for hydroxylation is 1. The van der Waals surface area contributed by atoms with E-state index in [1.165, 1.54) is 0 Å². The molecule has 0 aliphatic heterocycles. The summed E-state index contributed by atoms with van der Waals surface area (Å²) < 4.78 is 5.53. The lowest BCUT2D eigenvalue weighted by Gasteiger charge is -2.07. The van der Waals surface area contributed by atoms with Gasteiger partial charge in [0.05, 0.1) is 18.2 Å². The first-order valence-corrected chi connectivity index (χ1v) is 4.81. The van der Waals surface area contributed by atoms with Crippen LogP contribution in [0, 0.1) is 30.1 Å². The SMILES string of the molecule is CC#CCCOc1cc(C#N)ccc1C. The molecule has 0 bridgehead atoms. The number of ether oxygens (including phenoxy) is 1. The van der Waals surface area contributed by atoms with E-state index in [2.05, 4.69) is 17.9 Å². The number of nitrogens with zero attached hydrogens (tertiary/aromatic N) is 1. The largest absolute Gasteiger partial charge is 0.492 e. The molecule has 2 heteroatoms. The smallest absolute Gasteiger partial charge is 0.123 e. The minimum absolute atomic E-state index is 0.566. The van der Waals surface area contributed by atoms with Gasteiger partial charge in [0.2, 0.25) is 0 Å². The molecule has 0 N–H and O–H groups in total. The van der Waals surface area contributed by atoms with Crippen LogP contribution in [-0.2, 0) is 0 Å². The van der Waals surface area contributed by atoms with Crippen LogP contribution in [0.5, 0.6) is 5.75 Å². The molecule has 0 fully saturated rings. The minimum atomic E-state index is 0.566. The highest BCUT2D eigenvalue weighted by atomic mass is 16.5. The van der Waals surface area contributed by atoms with Gasteiger partial charge in [0.1, 0.15) is 5.75 Å². The number of benzene rings is 1. The molecule has 0 heterocycles. The van der Waals surface area contributed by atoms with Crippen molar-refractivity contribution >= 4 is 0 Å². The van der Waals surface area contributed by atoms with Crippen LogP contribution in [0.2, 0.25) is 0 Å². The van der Waals surface area contributed by atoms with Gasteiger partial charge in [-0.1, -0.05) is 6.07 Å². The Kier molecular flexibility index (Phi) is 4.26. The van der Waals surface area contributed by atoms with Crippen molar-refractivity contribution in [2.24, 2.45) is 0 Å². The molecule has 0 aromatic heterocycles. The number of hydrogen-bond acceptors (Lipinski definition) is 2. The molecule has 2 nitrogen and oxygen atoms in total. The summed E-state index contributed by atoms with van der Waals surface area (Å²) >= 11 is 0. The zero-order valence-corrected chi connectivity index (χ0v) is 9.00.